The van der Waals surface area contributed by atoms with Gasteiger partial charge in [0.25, 0.3) is 0 Å². The van der Waals surface area contributed by atoms with Gasteiger partial charge in [0.1, 0.15) is 0 Å². The van der Waals surface area contributed by atoms with Gasteiger partial charge in [0, 0.05) is 23.8 Å². The Balaban J connectivity index is -0.000000319. The summed E-state index contributed by atoms with van der Waals surface area (Å²) in [5.74, 6) is -0.792. The van der Waals surface area contributed by atoms with Crippen LogP contribution in [0.4, 0.5) is 5.69 Å². The van der Waals surface area contributed by atoms with E-state index in [-0.39, 0.29) is 5.92 Å². The molecular formula is C19H34N4O3. The van der Waals surface area contributed by atoms with Crippen LogP contribution in [0, 0.1) is 16.7 Å². The second kappa shape index (κ2) is 18.8. The third-order valence-corrected chi connectivity index (χ3v) is 3.67. The lowest BCUT2D eigenvalue weighted by molar-refractivity contribution is -0.143. The highest BCUT2D eigenvalue weighted by Gasteiger charge is 2.26. The van der Waals surface area contributed by atoms with Crippen LogP contribution in [0.3, 0.4) is 0 Å². The number of nitrogens with one attached hydrogen (secondary N) is 2. The number of nitrogens with zero attached hydrogens (tertiary/aromatic N) is 1. The van der Waals surface area contributed by atoms with Crippen molar-refractivity contribution in [3.8, 4) is 0 Å². The molecule has 1 fully saturated rings. The van der Waals surface area contributed by atoms with Crippen molar-refractivity contribution >= 4 is 31.4 Å². The first-order valence-corrected chi connectivity index (χ1v) is 8.39. The molecule has 7 heteroatoms. The fourth-order valence-corrected chi connectivity index (χ4v) is 2.10. The van der Waals surface area contributed by atoms with E-state index in [1.807, 2.05) is 20.9 Å². The second-order valence-corrected chi connectivity index (χ2v) is 5.15. The first-order valence-electron chi connectivity index (χ1n) is 8.39. The SMILES string of the molecule is C=N.C=N.CC.C[C@@H]1CCC(C(=O)O)CN1C.Nc1ccccc1C=O. The van der Waals surface area contributed by atoms with E-state index in [0.29, 0.717) is 23.8 Å². The van der Waals surface area contributed by atoms with E-state index in [1.165, 1.54) is 0 Å². The summed E-state index contributed by atoms with van der Waals surface area (Å²) >= 11 is 0. The van der Waals surface area contributed by atoms with E-state index in [4.69, 9.17) is 21.7 Å². The van der Waals surface area contributed by atoms with Crippen molar-refractivity contribution in [2.75, 3.05) is 19.3 Å². The second-order valence-electron chi connectivity index (χ2n) is 5.15. The van der Waals surface area contributed by atoms with Gasteiger partial charge in [0.15, 0.2) is 6.29 Å². The van der Waals surface area contributed by atoms with Crippen molar-refractivity contribution in [3.05, 3.63) is 29.8 Å². The van der Waals surface area contributed by atoms with Crippen molar-refractivity contribution < 1.29 is 14.7 Å². The fourth-order valence-electron chi connectivity index (χ4n) is 2.10. The van der Waals surface area contributed by atoms with Gasteiger partial charge in [-0.15, -0.1) is 0 Å². The van der Waals surface area contributed by atoms with Crippen LogP contribution >= 0.6 is 0 Å². The highest BCUT2D eigenvalue weighted by molar-refractivity contribution is 5.82. The molecule has 1 aromatic rings. The van der Waals surface area contributed by atoms with Crippen LogP contribution in [0.2, 0.25) is 0 Å². The zero-order valence-corrected chi connectivity index (χ0v) is 16.4. The molecule has 1 unspecified atom stereocenters. The number of rotatable bonds is 2. The van der Waals surface area contributed by atoms with Gasteiger partial charge in [-0.05, 0) is 52.4 Å². The molecule has 5 N–H and O–H groups in total. The largest absolute Gasteiger partial charge is 0.481 e. The number of nitrogens with two attached hydrogens (primary N) is 1. The number of carboxylic acids is 1. The number of aliphatic carboxylic acids is 1. The Morgan fingerprint density at radius 2 is 1.73 bits per heavy atom. The maximum absolute atomic E-state index is 10.6. The van der Waals surface area contributed by atoms with Crippen molar-refractivity contribution in [2.24, 2.45) is 5.92 Å². The molecule has 1 aromatic carbocycles. The zero-order chi connectivity index (χ0) is 21.1. The number of carbonyl (C=O) groups excluding carboxylic acids is 1. The Kier molecular flexibility index (Phi) is 20.4. The van der Waals surface area contributed by atoms with Crippen LogP contribution in [0.15, 0.2) is 24.3 Å². The first kappa shape index (κ1) is 28.3. The van der Waals surface area contributed by atoms with Crippen LogP contribution in [0.5, 0.6) is 0 Å². The van der Waals surface area contributed by atoms with Gasteiger partial charge in [-0.25, -0.2) is 0 Å². The lowest BCUT2D eigenvalue weighted by Crippen LogP contribution is -2.41. The minimum absolute atomic E-state index is 0.142. The summed E-state index contributed by atoms with van der Waals surface area (Å²) in [7, 11) is 1.99. The number of carboxylic acid groups (broad SMARTS) is 1. The van der Waals surface area contributed by atoms with Crippen LogP contribution in [0.1, 0.15) is 44.0 Å². The van der Waals surface area contributed by atoms with Gasteiger partial charge in [0.05, 0.1) is 5.92 Å². The Labute approximate surface area is 157 Å². The van der Waals surface area contributed by atoms with Crippen molar-refractivity contribution in [1.29, 1.82) is 10.8 Å². The maximum atomic E-state index is 10.6. The minimum atomic E-state index is -0.649. The van der Waals surface area contributed by atoms with Crippen LogP contribution < -0.4 is 5.73 Å². The smallest absolute Gasteiger partial charge is 0.307 e. The molecule has 2 atom stereocenters. The number of carbonyl (C=O) groups is 2. The molecule has 1 aliphatic rings. The third-order valence-electron chi connectivity index (χ3n) is 3.67. The summed E-state index contributed by atoms with van der Waals surface area (Å²) in [6, 6.07) is 7.50. The maximum Gasteiger partial charge on any atom is 0.307 e. The summed E-state index contributed by atoms with van der Waals surface area (Å²) in [5.41, 5.74) is 6.49. The van der Waals surface area contributed by atoms with Crippen LogP contribution in [0.25, 0.3) is 0 Å². The highest BCUT2D eigenvalue weighted by atomic mass is 16.4. The Morgan fingerprint density at radius 3 is 2.08 bits per heavy atom. The van der Waals surface area contributed by atoms with Gasteiger partial charge in [-0.3, -0.25) is 9.59 Å². The molecule has 1 saturated heterocycles. The molecule has 7 nitrogen and oxygen atoms in total. The number of hydrogen-bond acceptors (Lipinski definition) is 6. The molecule has 26 heavy (non-hydrogen) atoms. The van der Waals surface area contributed by atoms with Crippen molar-refractivity contribution in [1.82, 2.24) is 4.90 Å². The number of piperidine rings is 1. The molecule has 0 aliphatic carbocycles. The van der Waals surface area contributed by atoms with Gasteiger partial charge in [-0.1, -0.05) is 26.0 Å². The Morgan fingerprint density at radius 1 is 1.23 bits per heavy atom. The molecule has 1 aliphatic heterocycles. The van der Waals surface area contributed by atoms with E-state index < -0.39 is 5.97 Å². The molecule has 2 rings (SSSR count). The Hall–Kier alpha value is -2.54. The molecular weight excluding hydrogens is 332 g/mol. The summed E-state index contributed by atoms with van der Waals surface area (Å²) in [4.78, 5) is 22.8. The van der Waals surface area contributed by atoms with E-state index in [0.717, 1.165) is 19.1 Å². The minimum Gasteiger partial charge on any atom is -0.481 e. The molecule has 0 amide bonds. The topological polar surface area (TPSA) is 131 Å². The number of para-hydroxylation sites is 1. The molecule has 0 radical (unpaired) electrons. The zero-order valence-electron chi connectivity index (χ0n) is 16.4. The number of anilines is 1. The number of benzene rings is 1. The van der Waals surface area contributed by atoms with Crippen molar-refractivity contribution in [2.45, 2.75) is 39.7 Å². The summed E-state index contributed by atoms with van der Waals surface area (Å²) in [6.45, 7) is 11.8. The molecule has 0 saturated carbocycles. The molecule has 0 bridgehead atoms. The molecule has 0 aromatic heterocycles. The molecule has 148 valence electrons. The van der Waals surface area contributed by atoms with Crippen molar-refractivity contribution in [3.63, 3.8) is 0 Å². The van der Waals surface area contributed by atoms with E-state index in [9.17, 15) is 9.59 Å². The normalized spacial score (nSPS) is 17.8. The van der Waals surface area contributed by atoms with Gasteiger partial charge in [-0.2, -0.15) is 0 Å². The van der Waals surface area contributed by atoms with E-state index in [1.54, 1.807) is 24.3 Å². The average molecular weight is 367 g/mol. The van der Waals surface area contributed by atoms with Gasteiger partial charge in [0.2, 0.25) is 0 Å². The predicted octanol–water partition coefficient (Wildman–Crippen LogP) is 3.44. The third kappa shape index (κ3) is 11.9. The first-order chi connectivity index (χ1) is 12.5. The predicted molar refractivity (Wildman–Crippen MR) is 110 cm³/mol. The lowest BCUT2D eigenvalue weighted by Gasteiger charge is -2.33. The van der Waals surface area contributed by atoms with Crippen LogP contribution in [-0.2, 0) is 4.79 Å². The van der Waals surface area contributed by atoms with E-state index >= 15 is 0 Å². The number of hydrogen-bond donors (Lipinski definition) is 4. The summed E-state index contributed by atoms with van der Waals surface area (Å²) < 4.78 is 0. The fraction of sp³-hybridized carbons (Fsp3) is 0.474. The van der Waals surface area contributed by atoms with Gasteiger partial charge >= 0.3 is 5.97 Å². The number of nitrogen functional groups attached to an aromatic ring is 1. The van der Waals surface area contributed by atoms with Gasteiger partial charge < -0.3 is 26.6 Å². The lowest BCUT2D eigenvalue weighted by atomic mass is 9.94. The number of likely N-dealkylation sites (tertiary alicyclic amines) is 1. The quantitative estimate of drug-likeness (QED) is 0.362. The summed E-state index contributed by atoms with van der Waals surface area (Å²) in [6.07, 6.45) is 2.59. The summed E-state index contributed by atoms with van der Waals surface area (Å²) in [5, 5.41) is 19.7. The highest BCUT2D eigenvalue weighted by Crippen LogP contribution is 2.19. The van der Waals surface area contributed by atoms with E-state index in [2.05, 4.69) is 25.3 Å². The number of aldehydes is 1. The molecule has 1 heterocycles. The Bertz CT molecular complexity index is 495. The van der Waals surface area contributed by atoms with Crippen LogP contribution in [-0.4, -0.2) is 55.3 Å². The molecule has 0 spiro atoms. The average Bonchev–Trinajstić information content (AvgIpc) is 2.69. The standard InChI is InChI=1S/C8H15NO2.C7H7NO.C2H6.2CH3N/c1-6-3-4-7(8(10)11)5-9(6)2;8-7-4-2-1-3-6(7)5-9;3*1-2/h6-7H,3-5H2,1-2H3,(H,10,11);1-5H,8H2;1-2H3;2*2H,1H2/t6-,7?;;;;/m1..../s1. The monoisotopic (exact) mass is 366 g/mol.